The monoisotopic (exact) mass is 553 g/mol. The van der Waals surface area contributed by atoms with Crippen molar-refractivity contribution >= 4 is 17.4 Å². The first-order valence-electron chi connectivity index (χ1n) is 14.4. The van der Waals surface area contributed by atoms with Crippen molar-refractivity contribution in [3.63, 3.8) is 0 Å². The molecule has 1 aliphatic heterocycles. The van der Waals surface area contributed by atoms with E-state index in [1.54, 1.807) is 11.0 Å². The van der Waals surface area contributed by atoms with Crippen molar-refractivity contribution < 1.29 is 19.4 Å². The smallest absolute Gasteiger partial charge is 0.295 e. The Labute approximate surface area is 244 Å². The summed E-state index contributed by atoms with van der Waals surface area (Å²) >= 11 is 0. The molecule has 3 aromatic rings. The van der Waals surface area contributed by atoms with E-state index >= 15 is 0 Å². The van der Waals surface area contributed by atoms with Crippen molar-refractivity contribution in [2.75, 3.05) is 6.61 Å². The van der Waals surface area contributed by atoms with E-state index in [4.69, 9.17) is 4.74 Å². The topological polar surface area (TPSA) is 66.8 Å². The first kappa shape index (κ1) is 30.1. The minimum atomic E-state index is -0.728. The molecule has 41 heavy (non-hydrogen) atoms. The summed E-state index contributed by atoms with van der Waals surface area (Å²) in [5.41, 5.74) is 6.21. The number of hydrogen-bond acceptors (Lipinski definition) is 4. The van der Waals surface area contributed by atoms with E-state index in [2.05, 4.69) is 47.6 Å². The van der Waals surface area contributed by atoms with E-state index in [0.717, 1.165) is 39.1 Å². The van der Waals surface area contributed by atoms with Crippen LogP contribution in [0.15, 0.2) is 66.2 Å². The van der Waals surface area contributed by atoms with E-state index in [-0.39, 0.29) is 28.7 Å². The van der Waals surface area contributed by atoms with Gasteiger partial charge in [-0.2, -0.15) is 0 Å². The van der Waals surface area contributed by atoms with Crippen molar-refractivity contribution in [1.82, 2.24) is 4.90 Å². The first-order valence-corrected chi connectivity index (χ1v) is 14.4. The Hall–Kier alpha value is -3.86. The fourth-order valence-electron chi connectivity index (χ4n) is 5.41. The van der Waals surface area contributed by atoms with Gasteiger partial charge in [0.15, 0.2) is 0 Å². The molecule has 0 aliphatic carbocycles. The number of rotatable bonds is 6. The SMILES string of the molecule is CCOc1ccc(/C(O)=C2/C(=O)C(=O)N(Cc3cc(C)ccc3C)C2c2ccc(C(C)(C)C)cc2)cc1C(C)(C)C. The van der Waals surface area contributed by atoms with Gasteiger partial charge in [0.25, 0.3) is 11.7 Å². The van der Waals surface area contributed by atoms with Crippen molar-refractivity contribution in [2.24, 2.45) is 0 Å². The van der Waals surface area contributed by atoms with E-state index in [0.29, 0.717) is 12.2 Å². The Balaban J connectivity index is 1.91. The molecule has 1 N–H and O–H groups in total. The highest BCUT2D eigenvalue weighted by molar-refractivity contribution is 6.46. The molecular weight excluding hydrogens is 510 g/mol. The van der Waals surface area contributed by atoms with Gasteiger partial charge in [-0.25, -0.2) is 0 Å². The van der Waals surface area contributed by atoms with Crippen LogP contribution >= 0.6 is 0 Å². The van der Waals surface area contributed by atoms with E-state index < -0.39 is 17.7 Å². The maximum absolute atomic E-state index is 13.7. The van der Waals surface area contributed by atoms with Gasteiger partial charge in [0, 0.05) is 17.7 Å². The average Bonchev–Trinajstić information content (AvgIpc) is 3.14. The zero-order valence-corrected chi connectivity index (χ0v) is 25.9. The number of amides is 1. The molecule has 0 radical (unpaired) electrons. The van der Waals surface area contributed by atoms with Gasteiger partial charge >= 0.3 is 0 Å². The molecule has 1 unspecified atom stereocenters. The Bertz CT molecular complexity index is 1500. The lowest BCUT2D eigenvalue weighted by Crippen LogP contribution is -2.29. The summed E-state index contributed by atoms with van der Waals surface area (Å²) in [6, 6.07) is 18.9. The van der Waals surface area contributed by atoms with Crippen molar-refractivity contribution in [3.8, 4) is 5.75 Å². The number of benzene rings is 3. The summed E-state index contributed by atoms with van der Waals surface area (Å²) in [5, 5.41) is 11.8. The van der Waals surface area contributed by atoms with Gasteiger partial charge in [-0.3, -0.25) is 9.59 Å². The predicted molar refractivity (Wildman–Crippen MR) is 165 cm³/mol. The van der Waals surface area contributed by atoms with Gasteiger partial charge in [0.1, 0.15) is 11.5 Å². The van der Waals surface area contributed by atoms with Gasteiger partial charge in [0.2, 0.25) is 0 Å². The number of hydrogen-bond donors (Lipinski definition) is 1. The molecule has 0 bridgehead atoms. The number of carbonyl (C=O) groups is 2. The van der Waals surface area contributed by atoms with Crippen LogP contribution in [-0.2, 0) is 27.0 Å². The summed E-state index contributed by atoms with van der Waals surface area (Å²) < 4.78 is 5.87. The van der Waals surface area contributed by atoms with E-state index in [1.165, 1.54) is 0 Å². The molecule has 3 aromatic carbocycles. The van der Waals surface area contributed by atoms with Crippen LogP contribution in [0.2, 0.25) is 0 Å². The highest BCUT2D eigenvalue weighted by Crippen LogP contribution is 2.42. The Morgan fingerprint density at radius 3 is 2.12 bits per heavy atom. The molecule has 216 valence electrons. The third kappa shape index (κ3) is 6.09. The molecule has 1 heterocycles. The lowest BCUT2D eigenvalue weighted by Gasteiger charge is -2.27. The quantitative estimate of drug-likeness (QED) is 0.191. The normalized spacial score (nSPS) is 17.3. The summed E-state index contributed by atoms with van der Waals surface area (Å²) in [4.78, 5) is 28.9. The molecule has 1 aliphatic rings. The van der Waals surface area contributed by atoms with Crippen LogP contribution < -0.4 is 4.74 Å². The zero-order chi connectivity index (χ0) is 30.3. The standard InChI is InChI=1S/C36H43NO4/c1-10-41-29-18-15-25(20-28(29)36(7,8)9)32(38)30-31(24-13-16-27(17-14-24)35(4,5)6)37(34(40)33(30)39)21-26-19-22(2)11-12-23(26)3/h11-20,31,38H,10,21H2,1-9H3/b32-30-. The first-order chi connectivity index (χ1) is 19.1. The van der Waals surface area contributed by atoms with Gasteiger partial charge in [-0.05, 0) is 72.1 Å². The lowest BCUT2D eigenvalue weighted by molar-refractivity contribution is -0.140. The van der Waals surface area contributed by atoms with Crippen molar-refractivity contribution in [3.05, 3.63) is 105 Å². The Morgan fingerprint density at radius 1 is 0.878 bits per heavy atom. The van der Waals surface area contributed by atoms with Crippen LogP contribution in [0.25, 0.3) is 5.76 Å². The van der Waals surface area contributed by atoms with Crippen LogP contribution in [0, 0.1) is 13.8 Å². The highest BCUT2D eigenvalue weighted by Gasteiger charge is 2.46. The minimum absolute atomic E-state index is 0.0509. The van der Waals surface area contributed by atoms with Crippen molar-refractivity contribution in [2.45, 2.75) is 85.7 Å². The number of Topliss-reactive ketones (excluding diaryl/α,β-unsaturated/α-hetero) is 1. The van der Waals surface area contributed by atoms with Gasteiger partial charge < -0.3 is 14.7 Å². The van der Waals surface area contributed by atoms with Crippen LogP contribution in [0.1, 0.15) is 93.5 Å². The largest absolute Gasteiger partial charge is 0.507 e. The van der Waals surface area contributed by atoms with Crippen LogP contribution in [0.4, 0.5) is 0 Å². The fraction of sp³-hybridized carbons (Fsp3) is 0.389. The fourth-order valence-corrected chi connectivity index (χ4v) is 5.41. The lowest BCUT2D eigenvalue weighted by atomic mass is 9.84. The predicted octanol–water partition coefficient (Wildman–Crippen LogP) is 7.92. The maximum Gasteiger partial charge on any atom is 0.295 e. The molecule has 1 fully saturated rings. The number of likely N-dealkylation sites (tertiary alicyclic amines) is 1. The van der Waals surface area contributed by atoms with Crippen LogP contribution in [0.3, 0.4) is 0 Å². The molecule has 1 atom stereocenters. The second-order valence-corrected chi connectivity index (χ2v) is 13.1. The molecule has 0 spiro atoms. The van der Waals surface area contributed by atoms with E-state index in [1.807, 2.05) is 69.3 Å². The number of carbonyl (C=O) groups excluding carboxylic acids is 2. The zero-order valence-electron chi connectivity index (χ0n) is 25.9. The highest BCUT2D eigenvalue weighted by atomic mass is 16.5. The summed E-state index contributed by atoms with van der Waals surface area (Å²) in [6.07, 6.45) is 0. The molecule has 0 aromatic heterocycles. The minimum Gasteiger partial charge on any atom is -0.507 e. The van der Waals surface area contributed by atoms with Gasteiger partial charge in [-0.1, -0.05) is 89.6 Å². The molecule has 4 rings (SSSR count). The van der Waals surface area contributed by atoms with Gasteiger partial charge in [0.05, 0.1) is 18.2 Å². The maximum atomic E-state index is 13.7. The summed E-state index contributed by atoms with van der Waals surface area (Å²) in [6.45, 7) is 19.4. The average molecular weight is 554 g/mol. The number of aliphatic hydroxyl groups excluding tert-OH is 1. The molecule has 5 nitrogen and oxygen atoms in total. The third-order valence-electron chi connectivity index (χ3n) is 7.84. The van der Waals surface area contributed by atoms with E-state index in [9.17, 15) is 14.7 Å². The Morgan fingerprint density at radius 2 is 1.54 bits per heavy atom. The molecule has 0 saturated carbocycles. The molecule has 1 saturated heterocycles. The van der Waals surface area contributed by atoms with Crippen molar-refractivity contribution in [1.29, 1.82) is 0 Å². The molecule has 5 heteroatoms. The Kier molecular flexibility index (Phi) is 8.22. The number of ketones is 1. The van der Waals surface area contributed by atoms with Crippen LogP contribution in [0.5, 0.6) is 5.75 Å². The number of nitrogens with zero attached hydrogens (tertiary/aromatic N) is 1. The molecular formula is C36H43NO4. The molecule has 1 amide bonds. The van der Waals surface area contributed by atoms with Crippen LogP contribution in [-0.4, -0.2) is 28.3 Å². The second-order valence-electron chi connectivity index (χ2n) is 13.1. The number of ether oxygens (including phenoxy) is 1. The van der Waals surface area contributed by atoms with Gasteiger partial charge in [-0.15, -0.1) is 0 Å². The number of aliphatic hydroxyl groups is 1. The second kappa shape index (κ2) is 11.2. The number of aryl methyl sites for hydroxylation is 2. The summed E-state index contributed by atoms with van der Waals surface area (Å²) in [7, 11) is 0. The summed E-state index contributed by atoms with van der Waals surface area (Å²) in [5.74, 6) is -0.727. The third-order valence-corrected chi connectivity index (χ3v) is 7.84.